The van der Waals surface area contributed by atoms with Crippen LogP contribution in [0.4, 0.5) is 0 Å². The minimum atomic E-state index is 0.490. The fraction of sp³-hybridized carbons (Fsp3) is 0.812. The van der Waals surface area contributed by atoms with Gasteiger partial charge >= 0.3 is 0 Å². The van der Waals surface area contributed by atoms with Crippen LogP contribution in [-0.2, 0) is 18.2 Å². The Labute approximate surface area is 121 Å². The maximum atomic E-state index is 6.06. The maximum absolute atomic E-state index is 6.06. The fourth-order valence-electron chi connectivity index (χ4n) is 3.89. The normalized spacial score (nSPS) is 30.1. The van der Waals surface area contributed by atoms with Crippen LogP contribution in [0.1, 0.15) is 44.0 Å². The predicted octanol–water partition coefficient (Wildman–Crippen LogP) is 2.21. The summed E-state index contributed by atoms with van der Waals surface area (Å²) in [6, 6.07) is 2.74. The van der Waals surface area contributed by atoms with Gasteiger partial charge in [-0.25, -0.2) is 0 Å². The van der Waals surface area contributed by atoms with Gasteiger partial charge in [0.15, 0.2) is 0 Å². The third kappa shape index (κ3) is 2.77. The Hall–Kier alpha value is -0.870. The molecule has 20 heavy (non-hydrogen) atoms. The van der Waals surface area contributed by atoms with Gasteiger partial charge in [-0.3, -0.25) is 4.68 Å². The molecule has 2 saturated heterocycles. The number of fused-ring (bicyclic) bond motifs is 2. The summed E-state index contributed by atoms with van der Waals surface area (Å²) >= 11 is 0. The van der Waals surface area contributed by atoms with E-state index in [0.717, 1.165) is 18.7 Å². The second-order valence-electron chi connectivity index (χ2n) is 6.44. The summed E-state index contributed by atoms with van der Waals surface area (Å²) in [5.74, 6) is 0.676. The fourth-order valence-corrected chi connectivity index (χ4v) is 3.89. The number of hydrogen-bond acceptors (Lipinski definition) is 3. The van der Waals surface area contributed by atoms with Crippen molar-refractivity contribution in [3.8, 4) is 0 Å². The van der Waals surface area contributed by atoms with Crippen molar-refractivity contribution >= 4 is 0 Å². The van der Waals surface area contributed by atoms with Gasteiger partial charge in [-0.15, -0.1) is 0 Å². The van der Waals surface area contributed by atoms with Crippen LogP contribution >= 0.6 is 0 Å². The largest absolute Gasteiger partial charge is 0.375 e. The third-order valence-corrected chi connectivity index (χ3v) is 4.85. The lowest BCUT2D eigenvalue weighted by Gasteiger charge is -2.29. The molecule has 3 rings (SSSR count). The van der Waals surface area contributed by atoms with E-state index in [1.807, 2.05) is 4.68 Å². The van der Waals surface area contributed by atoms with Crippen LogP contribution in [0.3, 0.4) is 0 Å². The van der Waals surface area contributed by atoms with E-state index < -0.39 is 0 Å². The molecule has 2 fully saturated rings. The smallest absolute Gasteiger partial charge is 0.0623 e. The Morgan fingerprint density at radius 2 is 2.35 bits per heavy atom. The van der Waals surface area contributed by atoms with Crippen molar-refractivity contribution in [1.29, 1.82) is 0 Å². The zero-order chi connectivity index (χ0) is 14.1. The Balaban J connectivity index is 1.71. The molecule has 4 atom stereocenters. The van der Waals surface area contributed by atoms with Gasteiger partial charge in [0.25, 0.3) is 0 Å². The first-order valence-electron chi connectivity index (χ1n) is 8.05. The zero-order valence-corrected chi connectivity index (χ0v) is 12.9. The molecule has 2 bridgehead atoms. The Bertz CT molecular complexity index is 457. The molecule has 112 valence electrons. The van der Waals surface area contributed by atoms with Crippen LogP contribution in [0, 0.1) is 12.8 Å². The molecule has 0 radical (unpaired) electrons. The van der Waals surface area contributed by atoms with Gasteiger partial charge in [0.1, 0.15) is 0 Å². The minimum absolute atomic E-state index is 0.490. The monoisotopic (exact) mass is 277 g/mol. The molecule has 4 heteroatoms. The summed E-state index contributed by atoms with van der Waals surface area (Å²) < 4.78 is 8.09. The van der Waals surface area contributed by atoms with Crippen molar-refractivity contribution in [2.24, 2.45) is 13.0 Å². The van der Waals surface area contributed by atoms with Crippen LogP contribution in [0.2, 0.25) is 0 Å². The van der Waals surface area contributed by atoms with Gasteiger partial charge in [-0.1, -0.05) is 6.92 Å². The van der Waals surface area contributed by atoms with Gasteiger partial charge in [0.2, 0.25) is 0 Å². The molecule has 0 saturated carbocycles. The first-order valence-corrected chi connectivity index (χ1v) is 8.05. The summed E-state index contributed by atoms with van der Waals surface area (Å²) in [6.45, 7) is 5.39. The highest BCUT2D eigenvalue weighted by Crippen LogP contribution is 2.41. The van der Waals surface area contributed by atoms with E-state index in [2.05, 4.69) is 37.4 Å². The maximum Gasteiger partial charge on any atom is 0.0623 e. The summed E-state index contributed by atoms with van der Waals surface area (Å²) in [4.78, 5) is 0. The zero-order valence-electron chi connectivity index (χ0n) is 12.9. The molecule has 0 aliphatic carbocycles. The summed E-state index contributed by atoms with van der Waals surface area (Å²) in [6.07, 6.45) is 7.03. The molecule has 1 aromatic rings. The number of aromatic nitrogens is 2. The highest BCUT2D eigenvalue weighted by molar-refractivity contribution is 5.11. The van der Waals surface area contributed by atoms with E-state index in [4.69, 9.17) is 4.74 Å². The van der Waals surface area contributed by atoms with Crippen LogP contribution in [0.15, 0.2) is 6.07 Å². The molecular formula is C16H27N3O. The molecule has 4 unspecified atom stereocenters. The molecule has 1 N–H and O–H groups in total. The lowest BCUT2D eigenvalue weighted by molar-refractivity contribution is 0.0855. The Morgan fingerprint density at radius 1 is 1.50 bits per heavy atom. The predicted molar refractivity (Wildman–Crippen MR) is 79.7 cm³/mol. The molecule has 2 aliphatic heterocycles. The molecule has 4 nitrogen and oxygen atoms in total. The molecular weight excluding hydrogens is 250 g/mol. The van der Waals surface area contributed by atoms with Gasteiger partial charge in [0.05, 0.1) is 17.9 Å². The van der Waals surface area contributed by atoms with Crippen molar-refractivity contribution < 1.29 is 4.74 Å². The van der Waals surface area contributed by atoms with E-state index in [-0.39, 0.29) is 0 Å². The van der Waals surface area contributed by atoms with E-state index in [1.165, 1.54) is 31.4 Å². The van der Waals surface area contributed by atoms with Crippen molar-refractivity contribution in [3.63, 3.8) is 0 Å². The van der Waals surface area contributed by atoms with Crippen molar-refractivity contribution in [1.82, 2.24) is 15.1 Å². The highest BCUT2D eigenvalue weighted by Gasteiger charge is 2.44. The number of nitrogens with zero attached hydrogens (tertiary/aromatic N) is 2. The summed E-state index contributed by atoms with van der Waals surface area (Å²) in [5.41, 5.74) is 2.44. The summed E-state index contributed by atoms with van der Waals surface area (Å²) in [7, 11) is 2.05. The average Bonchev–Trinajstić information content (AvgIpc) is 3.10. The van der Waals surface area contributed by atoms with Crippen LogP contribution in [0.5, 0.6) is 0 Å². The van der Waals surface area contributed by atoms with Gasteiger partial charge in [-0.2, -0.15) is 5.10 Å². The van der Waals surface area contributed by atoms with Gasteiger partial charge < -0.3 is 10.1 Å². The number of hydrogen-bond donors (Lipinski definition) is 1. The topological polar surface area (TPSA) is 39.1 Å². The Morgan fingerprint density at radius 3 is 2.90 bits per heavy atom. The van der Waals surface area contributed by atoms with Gasteiger partial charge in [-0.05, 0) is 45.2 Å². The molecule has 2 aliphatic rings. The number of aryl methyl sites for hydroxylation is 2. The van der Waals surface area contributed by atoms with E-state index in [1.54, 1.807) is 0 Å². The third-order valence-electron chi connectivity index (χ3n) is 4.85. The lowest BCUT2D eigenvalue weighted by Crippen LogP contribution is -2.43. The Kier molecular flexibility index (Phi) is 4.13. The van der Waals surface area contributed by atoms with E-state index >= 15 is 0 Å². The second-order valence-corrected chi connectivity index (χ2v) is 6.44. The van der Waals surface area contributed by atoms with Gasteiger partial charge in [0, 0.05) is 31.1 Å². The molecule has 0 spiro atoms. The van der Waals surface area contributed by atoms with Crippen molar-refractivity contribution in [2.45, 2.75) is 64.2 Å². The average molecular weight is 277 g/mol. The SMILES string of the molecule is CCCNC(Cc1cc(C)nn1C)C1CC2CCC1O2. The molecule has 0 aromatic carbocycles. The quantitative estimate of drug-likeness (QED) is 0.866. The highest BCUT2D eigenvalue weighted by atomic mass is 16.5. The van der Waals surface area contributed by atoms with Crippen molar-refractivity contribution in [2.75, 3.05) is 6.54 Å². The molecule has 3 heterocycles. The van der Waals surface area contributed by atoms with Crippen LogP contribution in [-0.4, -0.2) is 34.6 Å². The van der Waals surface area contributed by atoms with Crippen LogP contribution < -0.4 is 5.32 Å². The molecule has 1 aromatic heterocycles. The number of rotatable bonds is 6. The first-order chi connectivity index (χ1) is 9.67. The minimum Gasteiger partial charge on any atom is -0.375 e. The van der Waals surface area contributed by atoms with E-state index in [0.29, 0.717) is 24.2 Å². The number of ether oxygens (including phenoxy) is 1. The second kappa shape index (κ2) is 5.86. The molecule has 0 amide bonds. The lowest BCUT2D eigenvalue weighted by atomic mass is 9.82. The van der Waals surface area contributed by atoms with Crippen molar-refractivity contribution in [3.05, 3.63) is 17.5 Å². The van der Waals surface area contributed by atoms with E-state index in [9.17, 15) is 0 Å². The van der Waals surface area contributed by atoms with Crippen LogP contribution in [0.25, 0.3) is 0 Å². The summed E-state index contributed by atoms with van der Waals surface area (Å²) in [5, 5.41) is 8.24. The first kappa shape index (κ1) is 14.1. The standard InChI is InChI=1S/C16H27N3O/c1-4-7-17-15(9-12-8-11(2)18-19(12)3)14-10-13-5-6-16(14)20-13/h8,13-17H,4-7,9-10H2,1-3H3. The number of nitrogens with one attached hydrogen (secondary N) is 1.